The van der Waals surface area contributed by atoms with Gasteiger partial charge in [0.2, 0.25) is 0 Å². The lowest BCUT2D eigenvalue weighted by molar-refractivity contribution is 0.0112. The number of ketones is 1. The highest BCUT2D eigenvalue weighted by Crippen LogP contribution is 2.24. The number of halogens is 2. The molecular weight excluding hydrogens is 324 g/mol. The van der Waals surface area contributed by atoms with E-state index in [0.29, 0.717) is 6.07 Å². The average Bonchev–Trinajstić information content (AvgIpc) is 2.41. The summed E-state index contributed by atoms with van der Waals surface area (Å²) in [7, 11) is 0. The van der Waals surface area contributed by atoms with Crippen molar-refractivity contribution in [3.8, 4) is 0 Å². The number of rotatable bonds is 5. The van der Waals surface area contributed by atoms with Gasteiger partial charge in [-0.2, -0.15) is 0 Å². The van der Waals surface area contributed by atoms with E-state index < -0.39 is 59.0 Å². The van der Waals surface area contributed by atoms with Crippen LogP contribution in [0.1, 0.15) is 49.7 Å². The quantitative estimate of drug-likeness (QED) is 0.710. The molecule has 0 saturated carbocycles. The molecule has 8 heteroatoms. The van der Waals surface area contributed by atoms with Crippen LogP contribution in [0.15, 0.2) is 12.1 Å². The molecule has 0 aliphatic rings. The minimum Gasteiger partial charge on any atom is -0.444 e. The number of amides is 1. The van der Waals surface area contributed by atoms with E-state index >= 15 is 0 Å². The van der Waals surface area contributed by atoms with E-state index in [4.69, 9.17) is 4.74 Å². The van der Waals surface area contributed by atoms with E-state index in [1.165, 1.54) is 0 Å². The van der Waals surface area contributed by atoms with Gasteiger partial charge in [0.15, 0.2) is 5.78 Å². The molecule has 6 nitrogen and oxygen atoms in total. The maximum Gasteiger partial charge on any atom is 0.407 e. The van der Waals surface area contributed by atoms with E-state index in [1.807, 2.05) is 0 Å². The summed E-state index contributed by atoms with van der Waals surface area (Å²) in [5.41, 5.74) is -1.59. The van der Waals surface area contributed by atoms with Crippen molar-refractivity contribution < 1.29 is 33.3 Å². The Morgan fingerprint density at radius 2 is 1.79 bits per heavy atom. The van der Waals surface area contributed by atoms with Crippen LogP contribution < -0.4 is 5.32 Å². The summed E-state index contributed by atoms with van der Waals surface area (Å²) in [4.78, 5) is 22.8. The van der Waals surface area contributed by atoms with Crippen molar-refractivity contribution in [3.63, 3.8) is 0 Å². The fourth-order valence-electron chi connectivity index (χ4n) is 1.88. The number of aliphatic hydroxyl groups excluding tert-OH is 2. The average molecular weight is 345 g/mol. The molecule has 1 rings (SSSR count). The predicted molar refractivity (Wildman–Crippen MR) is 81.6 cm³/mol. The lowest BCUT2D eigenvalue weighted by Gasteiger charge is -2.22. The lowest BCUT2D eigenvalue weighted by atomic mass is 9.99. The van der Waals surface area contributed by atoms with Crippen LogP contribution in [0.25, 0.3) is 0 Å². The topological polar surface area (TPSA) is 95.9 Å². The fraction of sp³-hybridized carbons (Fsp3) is 0.500. The molecule has 0 fully saturated rings. The van der Waals surface area contributed by atoms with Crippen molar-refractivity contribution in [2.75, 3.05) is 6.54 Å². The van der Waals surface area contributed by atoms with Crippen molar-refractivity contribution in [3.05, 3.63) is 34.9 Å². The van der Waals surface area contributed by atoms with Crippen LogP contribution in [0.4, 0.5) is 13.6 Å². The first-order valence-corrected chi connectivity index (χ1v) is 7.25. The van der Waals surface area contributed by atoms with Gasteiger partial charge in [0.1, 0.15) is 29.4 Å². The summed E-state index contributed by atoms with van der Waals surface area (Å²) in [6, 6.07) is 1.30. The number of carbonyl (C=O) groups excluding carboxylic acids is 2. The standard InChI is InChI=1S/C16H21F2NO5/c1-8(20)9-5-10(12(18)6-11(9)17)14(22)13(21)7-19-15(23)24-16(2,3)4/h5-6,13-14,21-22H,7H2,1-4H3,(H,19,23). The zero-order valence-corrected chi connectivity index (χ0v) is 13.9. The van der Waals surface area contributed by atoms with Crippen LogP contribution in [0, 0.1) is 11.6 Å². The van der Waals surface area contributed by atoms with Gasteiger partial charge < -0.3 is 20.3 Å². The molecule has 0 heterocycles. The molecular formula is C16H21F2NO5. The first kappa shape index (κ1) is 20.0. The molecule has 0 aromatic heterocycles. The van der Waals surface area contributed by atoms with Gasteiger partial charge in [-0.3, -0.25) is 4.79 Å². The number of hydrogen-bond acceptors (Lipinski definition) is 5. The largest absolute Gasteiger partial charge is 0.444 e. The molecule has 0 spiro atoms. The second-order valence-electron chi connectivity index (χ2n) is 6.30. The summed E-state index contributed by atoms with van der Waals surface area (Å²) < 4.78 is 32.2. The monoisotopic (exact) mass is 345 g/mol. The maximum absolute atomic E-state index is 13.8. The molecule has 0 aliphatic carbocycles. The van der Waals surface area contributed by atoms with E-state index in [-0.39, 0.29) is 0 Å². The Hall–Kier alpha value is -2.06. The molecule has 24 heavy (non-hydrogen) atoms. The van der Waals surface area contributed by atoms with E-state index in [2.05, 4.69) is 5.32 Å². The van der Waals surface area contributed by atoms with Crippen LogP contribution in [-0.2, 0) is 4.74 Å². The molecule has 1 aromatic carbocycles. The molecule has 2 atom stereocenters. The molecule has 134 valence electrons. The Bertz CT molecular complexity index is 628. The van der Waals surface area contributed by atoms with E-state index in [0.717, 1.165) is 13.0 Å². The number of carbonyl (C=O) groups is 2. The Kier molecular flexibility index (Phi) is 6.39. The molecule has 0 saturated heterocycles. The van der Waals surface area contributed by atoms with Crippen molar-refractivity contribution >= 4 is 11.9 Å². The number of Topliss-reactive ketones (excluding diaryl/α,β-unsaturated/α-hetero) is 1. The molecule has 2 unspecified atom stereocenters. The van der Waals surface area contributed by atoms with Crippen LogP contribution >= 0.6 is 0 Å². The lowest BCUT2D eigenvalue weighted by Crippen LogP contribution is -2.39. The zero-order valence-electron chi connectivity index (χ0n) is 13.9. The van der Waals surface area contributed by atoms with Gasteiger partial charge in [0.25, 0.3) is 0 Å². The van der Waals surface area contributed by atoms with Gasteiger partial charge in [0.05, 0.1) is 5.56 Å². The minimum atomic E-state index is -1.77. The number of alkyl carbamates (subject to hydrolysis) is 1. The fourth-order valence-corrected chi connectivity index (χ4v) is 1.88. The SMILES string of the molecule is CC(=O)c1cc(C(O)C(O)CNC(=O)OC(C)(C)C)c(F)cc1F. The number of benzene rings is 1. The highest BCUT2D eigenvalue weighted by Gasteiger charge is 2.25. The summed E-state index contributed by atoms with van der Waals surface area (Å²) in [5.74, 6) is -2.82. The third-order valence-corrected chi connectivity index (χ3v) is 3.00. The first-order chi connectivity index (χ1) is 10.9. The summed E-state index contributed by atoms with van der Waals surface area (Å²) >= 11 is 0. The number of aliphatic hydroxyl groups is 2. The van der Waals surface area contributed by atoms with Crippen LogP contribution in [0.5, 0.6) is 0 Å². The second kappa shape index (κ2) is 7.67. The molecule has 0 radical (unpaired) electrons. The molecule has 0 aliphatic heterocycles. The first-order valence-electron chi connectivity index (χ1n) is 7.25. The second-order valence-corrected chi connectivity index (χ2v) is 6.30. The number of ether oxygens (including phenoxy) is 1. The molecule has 1 aromatic rings. The van der Waals surface area contributed by atoms with Crippen LogP contribution in [-0.4, -0.2) is 40.3 Å². The minimum absolute atomic E-state index is 0.405. The van der Waals surface area contributed by atoms with Gasteiger partial charge in [0, 0.05) is 18.2 Å². The molecule has 1 amide bonds. The summed E-state index contributed by atoms with van der Waals surface area (Å²) in [6.45, 7) is 5.61. The Balaban J connectivity index is 2.82. The van der Waals surface area contributed by atoms with E-state index in [1.54, 1.807) is 20.8 Å². The Labute approximate surface area is 138 Å². The van der Waals surface area contributed by atoms with Gasteiger partial charge in [-0.05, 0) is 33.8 Å². The van der Waals surface area contributed by atoms with Crippen LogP contribution in [0.2, 0.25) is 0 Å². The third-order valence-electron chi connectivity index (χ3n) is 3.00. The normalized spacial score (nSPS) is 14.0. The van der Waals surface area contributed by atoms with Crippen molar-refractivity contribution in [1.29, 1.82) is 0 Å². The zero-order chi connectivity index (χ0) is 18.7. The predicted octanol–water partition coefficient (Wildman–Crippen LogP) is 2.09. The van der Waals surface area contributed by atoms with Gasteiger partial charge in [-0.1, -0.05) is 0 Å². The van der Waals surface area contributed by atoms with Crippen LogP contribution in [0.3, 0.4) is 0 Å². The summed E-state index contributed by atoms with van der Waals surface area (Å²) in [6.07, 6.45) is -4.17. The Morgan fingerprint density at radius 1 is 1.21 bits per heavy atom. The molecule has 0 bridgehead atoms. The van der Waals surface area contributed by atoms with Gasteiger partial charge in [-0.15, -0.1) is 0 Å². The Morgan fingerprint density at radius 3 is 2.29 bits per heavy atom. The smallest absolute Gasteiger partial charge is 0.407 e. The van der Waals surface area contributed by atoms with Crippen molar-refractivity contribution in [1.82, 2.24) is 5.32 Å². The van der Waals surface area contributed by atoms with Crippen molar-refractivity contribution in [2.24, 2.45) is 0 Å². The summed E-state index contributed by atoms with van der Waals surface area (Å²) in [5, 5.41) is 22.1. The van der Waals surface area contributed by atoms with Gasteiger partial charge >= 0.3 is 6.09 Å². The maximum atomic E-state index is 13.8. The van der Waals surface area contributed by atoms with Gasteiger partial charge in [-0.25, -0.2) is 13.6 Å². The number of hydrogen-bond donors (Lipinski definition) is 3. The number of nitrogens with one attached hydrogen (secondary N) is 1. The highest BCUT2D eigenvalue weighted by molar-refractivity contribution is 5.94. The molecule has 3 N–H and O–H groups in total. The van der Waals surface area contributed by atoms with E-state index in [9.17, 15) is 28.6 Å². The van der Waals surface area contributed by atoms with Crippen molar-refractivity contribution in [2.45, 2.75) is 45.5 Å². The highest BCUT2D eigenvalue weighted by atomic mass is 19.1. The third kappa shape index (κ3) is 5.54.